The lowest BCUT2D eigenvalue weighted by Crippen LogP contribution is -2.54. The molecule has 0 aromatic heterocycles. The molecule has 1 N–H and O–H groups in total. The van der Waals surface area contributed by atoms with Gasteiger partial charge in [0.2, 0.25) is 5.91 Å². The van der Waals surface area contributed by atoms with Crippen LogP contribution in [-0.4, -0.2) is 73.6 Å². The van der Waals surface area contributed by atoms with Gasteiger partial charge in [-0.15, -0.1) is 0 Å². The van der Waals surface area contributed by atoms with E-state index < -0.39 is 0 Å². The zero-order valence-corrected chi connectivity index (χ0v) is 16.2. The van der Waals surface area contributed by atoms with Gasteiger partial charge in [0.1, 0.15) is 0 Å². The molecule has 0 bridgehead atoms. The van der Waals surface area contributed by atoms with Crippen LogP contribution in [0.15, 0.2) is 18.2 Å². The molecule has 1 aromatic rings. The summed E-state index contributed by atoms with van der Waals surface area (Å²) >= 11 is 0. The Morgan fingerprint density at radius 1 is 1.11 bits per heavy atom. The van der Waals surface area contributed by atoms with E-state index in [-0.39, 0.29) is 18.4 Å². The lowest BCUT2D eigenvalue weighted by molar-refractivity contribution is -0.132. The van der Waals surface area contributed by atoms with Gasteiger partial charge in [-0.2, -0.15) is 0 Å². The lowest BCUT2D eigenvalue weighted by atomic mass is 10.1. The molecule has 1 aromatic carbocycles. The summed E-state index contributed by atoms with van der Waals surface area (Å²) in [6.45, 7) is 8.38. The molecule has 1 atom stereocenters. The molecule has 7 heteroatoms. The second kappa shape index (κ2) is 9.08. The van der Waals surface area contributed by atoms with E-state index in [0.717, 1.165) is 32.6 Å². The fourth-order valence-corrected chi connectivity index (χ4v) is 3.78. The van der Waals surface area contributed by atoms with Crippen molar-refractivity contribution in [3.63, 3.8) is 0 Å². The van der Waals surface area contributed by atoms with Gasteiger partial charge < -0.3 is 19.7 Å². The quantitative estimate of drug-likeness (QED) is 0.782. The molecule has 2 aliphatic rings. The van der Waals surface area contributed by atoms with Gasteiger partial charge in [-0.3, -0.25) is 14.5 Å². The summed E-state index contributed by atoms with van der Waals surface area (Å²) < 4.78 is 11.1. The van der Waals surface area contributed by atoms with Crippen molar-refractivity contribution in [3.8, 4) is 11.5 Å². The van der Waals surface area contributed by atoms with Crippen molar-refractivity contribution >= 4 is 11.8 Å². The van der Waals surface area contributed by atoms with Crippen molar-refractivity contribution in [2.45, 2.75) is 32.7 Å². The number of carbonyl (C=O) groups is 2. The molecule has 0 radical (unpaired) electrons. The number of benzene rings is 1. The number of nitrogens with one attached hydrogen (secondary N) is 1. The molecule has 7 nitrogen and oxygen atoms in total. The Morgan fingerprint density at radius 3 is 2.67 bits per heavy atom. The molecule has 148 valence electrons. The largest absolute Gasteiger partial charge is 0.490 e. The van der Waals surface area contributed by atoms with Gasteiger partial charge >= 0.3 is 0 Å². The topological polar surface area (TPSA) is 71.1 Å². The van der Waals surface area contributed by atoms with Crippen molar-refractivity contribution in [1.29, 1.82) is 0 Å². The molecule has 2 amide bonds. The monoisotopic (exact) mass is 375 g/mol. The number of hydrogen-bond donors (Lipinski definition) is 1. The Labute approximate surface area is 160 Å². The van der Waals surface area contributed by atoms with Crippen molar-refractivity contribution in [3.05, 3.63) is 23.8 Å². The van der Waals surface area contributed by atoms with Gasteiger partial charge in [0.05, 0.1) is 19.8 Å². The van der Waals surface area contributed by atoms with Crippen LogP contribution in [0.3, 0.4) is 0 Å². The third kappa shape index (κ3) is 4.71. The van der Waals surface area contributed by atoms with Crippen LogP contribution in [0, 0.1) is 0 Å². The molecule has 2 saturated heterocycles. The van der Waals surface area contributed by atoms with E-state index in [4.69, 9.17) is 9.47 Å². The van der Waals surface area contributed by atoms with Gasteiger partial charge in [0.15, 0.2) is 11.5 Å². The summed E-state index contributed by atoms with van der Waals surface area (Å²) in [6.07, 6.45) is 2.37. The fourth-order valence-electron chi connectivity index (χ4n) is 3.78. The smallest absolute Gasteiger partial charge is 0.251 e. The predicted molar refractivity (Wildman–Crippen MR) is 102 cm³/mol. The van der Waals surface area contributed by atoms with E-state index in [9.17, 15) is 9.59 Å². The van der Waals surface area contributed by atoms with E-state index in [1.54, 1.807) is 18.2 Å². The van der Waals surface area contributed by atoms with Crippen LogP contribution < -0.4 is 14.8 Å². The molecule has 27 heavy (non-hydrogen) atoms. The number of rotatable bonds is 7. The first-order valence-corrected chi connectivity index (χ1v) is 9.82. The highest BCUT2D eigenvalue weighted by Gasteiger charge is 2.32. The first-order chi connectivity index (χ1) is 13.1. The minimum Gasteiger partial charge on any atom is -0.490 e. The Kier molecular flexibility index (Phi) is 6.55. The van der Waals surface area contributed by atoms with Crippen molar-refractivity contribution in [2.24, 2.45) is 0 Å². The van der Waals surface area contributed by atoms with E-state index in [2.05, 4.69) is 10.2 Å². The highest BCUT2D eigenvalue weighted by atomic mass is 16.5. The maximum atomic E-state index is 12.5. The first kappa shape index (κ1) is 19.5. The van der Waals surface area contributed by atoms with Crippen LogP contribution in [-0.2, 0) is 4.79 Å². The first-order valence-electron chi connectivity index (χ1n) is 9.82. The van der Waals surface area contributed by atoms with E-state index in [0.29, 0.717) is 36.3 Å². The maximum absolute atomic E-state index is 12.5. The summed E-state index contributed by atoms with van der Waals surface area (Å²) in [5.41, 5.74) is 0.454. The van der Waals surface area contributed by atoms with E-state index in [1.165, 1.54) is 6.42 Å². The van der Waals surface area contributed by atoms with Crippen LogP contribution in [0.1, 0.15) is 37.0 Å². The standard InChI is InChI=1S/C20H29N3O4/c1-3-26-17-8-7-15(12-18(17)27-4-2)20(25)21-13-19(24)23-11-10-22-9-5-6-16(22)14-23/h7-8,12,16H,3-6,9-11,13-14H2,1-2H3,(H,21,25). The summed E-state index contributed by atoms with van der Waals surface area (Å²) in [4.78, 5) is 29.3. The summed E-state index contributed by atoms with van der Waals surface area (Å²) in [6, 6.07) is 5.55. The number of amides is 2. The predicted octanol–water partition coefficient (Wildman–Crippen LogP) is 1.52. The minimum atomic E-state index is -0.285. The second-order valence-electron chi connectivity index (χ2n) is 6.88. The normalized spacial score (nSPS) is 19.5. The molecule has 2 aliphatic heterocycles. The van der Waals surface area contributed by atoms with Crippen LogP contribution in [0.5, 0.6) is 11.5 Å². The second-order valence-corrected chi connectivity index (χ2v) is 6.88. The molecule has 0 saturated carbocycles. The molecule has 2 heterocycles. The third-order valence-electron chi connectivity index (χ3n) is 5.15. The number of carbonyl (C=O) groups excluding carboxylic acids is 2. The Balaban J connectivity index is 1.55. The van der Waals surface area contributed by atoms with Gasteiger partial charge in [-0.05, 0) is 51.4 Å². The van der Waals surface area contributed by atoms with Crippen molar-refractivity contribution < 1.29 is 19.1 Å². The molecular formula is C20H29N3O4. The molecule has 0 aliphatic carbocycles. The fraction of sp³-hybridized carbons (Fsp3) is 0.600. The number of piperazine rings is 1. The third-order valence-corrected chi connectivity index (χ3v) is 5.15. The van der Waals surface area contributed by atoms with E-state index in [1.807, 2.05) is 18.7 Å². The number of ether oxygens (including phenoxy) is 2. The maximum Gasteiger partial charge on any atom is 0.251 e. The van der Waals surface area contributed by atoms with Gasteiger partial charge in [0, 0.05) is 31.2 Å². The van der Waals surface area contributed by atoms with Crippen molar-refractivity contribution in [1.82, 2.24) is 15.1 Å². The number of fused-ring (bicyclic) bond motifs is 1. The Hall–Kier alpha value is -2.28. The summed E-state index contributed by atoms with van der Waals surface area (Å²) in [5.74, 6) is 0.842. The van der Waals surface area contributed by atoms with E-state index >= 15 is 0 Å². The minimum absolute atomic E-state index is 0.0166. The van der Waals surface area contributed by atoms with Crippen molar-refractivity contribution in [2.75, 3.05) is 45.9 Å². The zero-order chi connectivity index (χ0) is 19.2. The summed E-state index contributed by atoms with van der Waals surface area (Å²) in [5, 5.41) is 2.74. The van der Waals surface area contributed by atoms with Crippen LogP contribution in [0.25, 0.3) is 0 Å². The number of nitrogens with zero attached hydrogens (tertiary/aromatic N) is 2. The average molecular weight is 375 g/mol. The zero-order valence-electron chi connectivity index (χ0n) is 16.2. The van der Waals surface area contributed by atoms with Gasteiger partial charge in [-0.1, -0.05) is 0 Å². The Morgan fingerprint density at radius 2 is 1.89 bits per heavy atom. The van der Waals surface area contributed by atoms with Crippen LogP contribution in [0.4, 0.5) is 0 Å². The number of hydrogen-bond acceptors (Lipinski definition) is 5. The van der Waals surface area contributed by atoms with Gasteiger partial charge in [0.25, 0.3) is 5.91 Å². The lowest BCUT2D eigenvalue weighted by Gasteiger charge is -2.37. The SMILES string of the molecule is CCOc1ccc(C(=O)NCC(=O)N2CCN3CCCC3C2)cc1OCC. The van der Waals surface area contributed by atoms with Crippen LogP contribution in [0.2, 0.25) is 0 Å². The Bertz CT molecular complexity index is 679. The highest BCUT2D eigenvalue weighted by molar-refractivity contribution is 5.97. The molecule has 3 rings (SSSR count). The average Bonchev–Trinajstić information content (AvgIpc) is 3.15. The molecule has 1 unspecified atom stereocenters. The molecular weight excluding hydrogens is 346 g/mol. The van der Waals surface area contributed by atoms with Gasteiger partial charge in [-0.25, -0.2) is 0 Å². The molecule has 2 fully saturated rings. The summed E-state index contributed by atoms with van der Waals surface area (Å²) in [7, 11) is 0. The molecule has 0 spiro atoms. The highest BCUT2D eigenvalue weighted by Crippen LogP contribution is 2.28. The van der Waals surface area contributed by atoms with Crippen LogP contribution >= 0.6 is 0 Å².